The monoisotopic (exact) mass is 584 g/mol. The zero-order valence-electron chi connectivity index (χ0n) is 22.1. The predicted octanol–water partition coefficient (Wildman–Crippen LogP) is 1.45. The smallest absolute Gasteiger partial charge is 0.328 e. The van der Waals surface area contributed by atoms with Gasteiger partial charge in [-0.2, -0.15) is 0 Å². The van der Waals surface area contributed by atoms with Crippen LogP contribution in [0.5, 0.6) is 0 Å². The highest BCUT2D eigenvalue weighted by atomic mass is 32.1. The summed E-state index contributed by atoms with van der Waals surface area (Å²) in [5.74, 6) is -2.46. The number of amides is 5. The number of anilines is 1. The van der Waals surface area contributed by atoms with Gasteiger partial charge in [-0.3, -0.25) is 25.0 Å². The van der Waals surface area contributed by atoms with Crippen molar-refractivity contribution in [1.29, 1.82) is 0 Å². The van der Waals surface area contributed by atoms with Gasteiger partial charge in [-0.15, -0.1) is 11.3 Å². The average Bonchev–Trinajstić information content (AvgIpc) is 3.59. The summed E-state index contributed by atoms with van der Waals surface area (Å²) in [5, 5.41) is 10.8. The van der Waals surface area contributed by atoms with Gasteiger partial charge in [0.15, 0.2) is 16.9 Å². The summed E-state index contributed by atoms with van der Waals surface area (Å²) in [6.45, 7) is 5.57. The quantitative estimate of drug-likeness (QED) is 0.423. The van der Waals surface area contributed by atoms with Crippen molar-refractivity contribution in [2.24, 2.45) is 5.41 Å². The Morgan fingerprint density at radius 3 is 2.63 bits per heavy atom. The molecule has 4 aliphatic rings. The number of rotatable bonds is 2. The van der Waals surface area contributed by atoms with Gasteiger partial charge >= 0.3 is 6.03 Å². The van der Waals surface area contributed by atoms with Crippen molar-refractivity contribution in [3.05, 3.63) is 28.5 Å². The molecule has 3 aromatic rings. The van der Waals surface area contributed by atoms with Crippen LogP contribution < -0.4 is 15.5 Å². The first-order valence-electron chi connectivity index (χ1n) is 13.2. The summed E-state index contributed by atoms with van der Waals surface area (Å²) in [6, 6.07) is -0.152. The molecule has 0 bridgehead atoms. The molecule has 15 heteroatoms. The van der Waals surface area contributed by atoms with Gasteiger partial charge in [0, 0.05) is 31.4 Å². The summed E-state index contributed by atoms with van der Waals surface area (Å²) in [4.78, 5) is 59.5. The maximum Gasteiger partial charge on any atom is 0.328 e. The molecule has 2 N–H and O–H groups in total. The number of urea groups is 1. The van der Waals surface area contributed by atoms with Gasteiger partial charge < -0.3 is 23.8 Å². The number of ether oxygens (including phenoxy) is 2. The molecule has 0 radical (unpaired) electrons. The fraction of sp³-hybridized carbons (Fsp3) is 0.462. The maximum atomic E-state index is 16.3. The van der Waals surface area contributed by atoms with Gasteiger partial charge in [0.1, 0.15) is 10.7 Å². The SMILES string of the molecule is CC1CN2c3c(cc4c(-c5nc(C(=O)N6CCOCC6)cs5)noc4c3F)CC3(C(=O)NC(=O)NC3=O)C2C(C)O1. The Morgan fingerprint density at radius 2 is 1.90 bits per heavy atom. The zero-order valence-corrected chi connectivity index (χ0v) is 22.9. The van der Waals surface area contributed by atoms with E-state index in [0.29, 0.717) is 36.9 Å². The van der Waals surface area contributed by atoms with E-state index in [4.69, 9.17) is 14.0 Å². The number of imide groups is 2. The minimum atomic E-state index is -1.75. The number of nitrogens with one attached hydrogen (secondary N) is 2. The lowest BCUT2D eigenvalue weighted by molar-refractivity contribution is -0.153. The van der Waals surface area contributed by atoms with E-state index in [1.165, 1.54) is 11.3 Å². The number of aromatic nitrogens is 2. The Bertz CT molecular complexity index is 1610. The summed E-state index contributed by atoms with van der Waals surface area (Å²) in [7, 11) is 0. The Kier molecular flexibility index (Phi) is 5.89. The lowest BCUT2D eigenvalue weighted by Gasteiger charge is -2.55. The lowest BCUT2D eigenvalue weighted by atomic mass is 9.66. The third-order valence-corrected chi connectivity index (χ3v) is 9.04. The van der Waals surface area contributed by atoms with Crippen LogP contribution >= 0.6 is 11.3 Å². The number of fused-ring (bicyclic) bond motifs is 5. The Hall–Kier alpha value is -3.95. The molecule has 3 fully saturated rings. The van der Waals surface area contributed by atoms with Crippen LogP contribution in [0.25, 0.3) is 21.7 Å². The number of benzene rings is 1. The molecular weight excluding hydrogens is 559 g/mol. The van der Waals surface area contributed by atoms with Crippen molar-refractivity contribution < 1.29 is 37.6 Å². The fourth-order valence-electron chi connectivity index (χ4n) is 6.51. The first-order valence-corrected chi connectivity index (χ1v) is 14.1. The molecule has 5 amide bonds. The minimum Gasteiger partial charge on any atom is -0.378 e. The number of barbiturate groups is 1. The second kappa shape index (κ2) is 9.29. The van der Waals surface area contributed by atoms with Crippen LogP contribution in [-0.2, 0) is 25.5 Å². The molecule has 3 atom stereocenters. The molecule has 4 aliphatic heterocycles. The largest absolute Gasteiger partial charge is 0.378 e. The van der Waals surface area contributed by atoms with Crippen LogP contribution in [0.2, 0.25) is 0 Å². The third kappa shape index (κ3) is 3.79. The van der Waals surface area contributed by atoms with Gasteiger partial charge in [0.25, 0.3) is 5.91 Å². The van der Waals surface area contributed by atoms with Crippen LogP contribution in [0, 0.1) is 11.2 Å². The van der Waals surface area contributed by atoms with Crippen LogP contribution in [0.15, 0.2) is 16.0 Å². The van der Waals surface area contributed by atoms with Crippen molar-refractivity contribution in [3.8, 4) is 10.7 Å². The molecule has 0 saturated carbocycles. The molecule has 6 heterocycles. The highest BCUT2D eigenvalue weighted by Crippen LogP contribution is 2.49. The summed E-state index contributed by atoms with van der Waals surface area (Å²) < 4.78 is 33.1. The Balaban J connectivity index is 1.34. The van der Waals surface area contributed by atoms with E-state index in [1.54, 1.807) is 28.2 Å². The second-order valence-corrected chi connectivity index (χ2v) is 11.5. The molecule has 7 rings (SSSR count). The van der Waals surface area contributed by atoms with Crippen LogP contribution in [0.3, 0.4) is 0 Å². The van der Waals surface area contributed by atoms with Crippen molar-refractivity contribution in [1.82, 2.24) is 25.7 Å². The number of carbonyl (C=O) groups is 4. The number of nitrogens with zero attached hydrogens (tertiary/aromatic N) is 4. The molecule has 1 aromatic carbocycles. The first-order chi connectivity index (χ1) is 19.7. The number of carbonyl (C=O) groups excluding carboxylic acids is 4. The van der Waals surface area contributed by atoms with Crippen molar-refractivity contribution >= 4 is 51.7 Å². The maximum absolute atomic E-state index is 16.3. The molecule has 13 nitrogen and oxygen atoms in total. The van der Waals surface area contributed by atoms with Gasteiger partial charge in [0.2, 0.25) is 17.4 Å². The highest BCUT2D eigenvalue weighted by Gasteiger charge is 2.63. The first kappa shape index (κ1) is 26.0. The van der Waals surface area contributed by atoms with Gasteiger partial charge in [-0.25, -0.2) is 14.2 Å². The van der Waals surface area contributed by atoms with E-state index in [0.717, 1.165) is 0 Å². The molecular formula is C26H25FN6O7S. The zero-order chi connectivity index (χ0) is 28.6. The highest BCUT2D eigenvalue weighted by molar-refractivity contribution is 7.13. The average molecular weight is 585 g/mol. The molecule has 41 heavy (non-hydrogen) atoms. The molecule has 1 spiro atoms. The van der Waals surface area contributed by atoms with Crippen molar-refractivity contribution in [3.63, 3.8) is 0 Å². The normalized spacial score (nSPS) is 25.6. The van der Waals surface area contributed by atoms with E-state index in [9.17, 15) is 19.2 Å². The van der Waals surface area contributed by atoms with Crippen molar-refractivity contribution in [2.75, 3.05) is 37.7 Å². The van der Waals surface area contributed by atoms with Gasteiger partial charge in [-0.05, 0) is 25.5 Å². The standard InChI is InChI=1S/C26H25FN6O7S/c1-11-9-33-18-13(8-26(20(33)12(2)39-11)23(35)29-25(37)30-24(26)36)7-14-17(31-40-19(14)16(18)27)21-28-15(10-41-21)22(34)32-3-5-38-6-4-32/h7,10-12,20H,3-6,8-9H2,1-2H3,(H2,29,30,35,36,37). The number of halogens is 1. The van der Waals surface area contributed by atoms with Crippen LogP contribution in [-0.4, -0.2) is 89.9 Å². The molecule has 2 aromatic heterocycles. The predicted molar refractivity (Wildman–Crippen MR) is 141 cm³/mol. The van der Waals surface area contributed by atoms with Crippen LogP contribution in [0.1, 0.15) is 29.9 Å². The number of thiazole rings is 1. The molecule has 0 aliphatic carbocycles. The Labute approximate surface area is 235 Å². The number of hydrogen-bond acceptors (Lipinski definition) is 11. The second-order valence-electron chi connectivity index (χ2n) is 10.7. The van der Waals surface area contributed by atoms with Crippen LogP contribution in [0.4, 0.5) is 14.9 Å². The number of morpholine rings is 2. The minimum absolute atomic E-state index is 0.107. The van der Waals surface area contributed by atoms with Gasteiger partial charge in [0.05, 0.1) is 42.5 Å². The summed E-state index contributed by atoms with van der Waals surface area (Å²) in [5.41, 5.74) is -0.823. The van der Waals surface area contributed by atoms with E-state index in [-0.39, 0.29) is 53.0 Å². The topological polar surface area (TPSA) is 156 Å². The molecule has 3 unspecified atom stereocenters. The third-order valence-electron chi connectivity index (χ3n) is 8.19. The summed E-state index contributed by atoms with van der Waals surface area (Å²) >= 11 is 1.17. The molecule has 3 saturated heterocycles. The Morgan fingerprint density at radius 1 is 1.17 bits per heavy atom. The van der Waals surface area contributed by atoms with E-state index < -0.39 is 41.2 Å². The number of hydrogen-bond donors (Lipinski definition) is 2. The van der Waals surface area contributed by atoms with Gasteiger partial charge in [-0.1, -0.05) is 5.16 Å². The van der Waals surface area contributed by atoms with Crippen molar-refractivity contribution in [2.45, 2.75) is 38.5 Å². The van der Waals surface area contributed by atoms with E-state index in [2.05, 4.69) is 20.8 Å². The van der Waals surface area contributed by atoms with E-state index >= 15 is 4.39 Å². The lowest BCUT2D eigenvalue weighted by Crippen LogP contribution is -2.75. The van der Waals surface area contributed by atoms with E-state index in [1.807, 2.05) is 6.92 Å². The fourth-order valence-corrected chi connectivity index (χ4v) is 7.30. The summed E-state index contributed by atoms with van der Waals surface area (Å²) in [6.07, 6.45) is -1.17. The molecule has 214 valence electrons.